The average Bonchev–Trinajstić information content (AvgIpc) is 3.27. The van der Waals surface area contributed by atoms with Gasteiger partial charge in [-0.1, -0.05) is 23.7 Å². The third-order valence-corrected chi connectivity index (χ3v) is 5.95. The first kappa shape index (κ1) is 16.9. The molecule has 1 unspecified atom stereocenters. The molecule has 8 heteroatoms. The van der Waals surface area contributed by atoms with Gasteiger partial charge in [-0.3, -0.25) is 14.9 Å². The minimum absolute atomic E-state index is 0.0915. The van der Waals surface area contributed by atoms with Crippen LogP contribution < -0.4 is 0 Å². The second-order valence-electron chi connectivity index (χ2n) is 6.10. The van der Waals surface area contributed by atoms with E-state index < -0.39 is 4.92 Å². The molecule has 0 aliphatic carbocycles. The van der Waals surface area contributed by atoms with Gasteiger partial charge in [-0.05, 0) is 31.0 Å². The van der Waals surface area contributed by atoms with Crippen LogP contribution in [0.3, 0.4) is 0 Å². The molecule has 4 rings (SSSR count). The predicted molar refractivity (Wildman–Crippen MR) is 101 cm³/mol. The molecule has 0 spiro atoms. The van der Waals surface area contributed by atoms with E-state index in [0.717, 1.165) is 28.1 Å². The summed E-state index contributed by atoms with van der Waals surface area (Å²) in [6.07, 6.45) is 1.73. The predicted octanol–water partition coefficient (Wildman–Crippen LogP) is 4.84. The van der Waals surface area contributed by atoms with E-state index in [2.05, 4.69) is 4.98 Å². The van der Waals surface area contributed by atoms with Crippen molar-refractivity contribution in [1.82, 2.24) is 9.88 Å². The summed E-state index contributed by atoms with van der Waals surface area (Å²) in [5.41, 5.74) is 1.08. The van der Waals surface area contributed by atoms with Gasteiger partial charge in [0, 0.05) is 18.7 Å². The van der Waals surface area contributed by atoms with Gasteiger partial charge in [-0.15, -0.1) is 11.3 Å². The number of nitro benzene ring substituents is 1. The van der Waals surface area contributed by atoms with Gasteiger partial charge in [0.2, 0.25) is 0 Å². The minimum atomic E-state index is -0.528. The standard InChI is InChI=1S/C18H14ClN3O3S/c19-13-10-11(22(24)25)7-8-12(13)18(23)21-9-3-5-15(21)17-20-14-4-1-2-6-16(14)26-17/h1-2,4,6-8,10,15H,3,5,9H2. The molecule has 6 nitrogen and oxygen atoms in total. The lowest BCUT2D eigenvalue weighted by atomic mass is 10.1. The van der Waals surface area contributed by atoms with Crippen LogP contribution in [0, 0.1) is 10.1 Å². The molecule has 0 saturated carbocycles. The fraction of sp³-hybridized carbons (Fsp3) is 0.222. The topological polar surface area (TPSA) is 76.3 Å². The Morgan fingerprint density at radius 2 is 2.12 bits per heavy atom. The number of hydrogen-bond donors (Lipinski definition) is 0. The van der Waals surface area contributed by atoms with E-state index in [9.17, 15) is 14.9 Å². The van der Waals surface area contributed by atoms with Gasteiger partial charge < -0.3 is 4.90 Å². The number of hydrogen-bond acceptors (Lipinski definition) is 5. The zero-order valence-corrected chi connectivity index (χ0v) is 15.2. The maximum atomic E-state index is 13.0. The summed E-state index contributed by atoms with van der Waals surface area (Å²) >= 11 is 7.73. The maximum Gasteiger partial charge on any atom is 0.270 e. The van der Waals surface area contributed by atoms with Crippen molar-refractivity contribution in [2.45, 2.75) is 18.9 Å². The van der Waals surface area contributed by atoms with E-state index in [1.54, 1.807) is 16.2 Å². The van der Waals surface area contributed by atoms with Crippen LogP contribution >= 0.6 is 22.9 Å². The molecule has 1 aliphatic heterocycles. The summed E-state index contributed by atoms with van der Waals surface area (Å²) in [4.78, 5) is 29.8. The van der Waals surface area contributed by atoms with Gasteiger partial charge >= 0.3 is 0 Å². The Hall–Kier alpha value is -2.51. The first-order chi connectivity index (χ1) is 12.5. The molecule has 2 heterocycles. The Kier molecular flexibility index (Phi) is 4.34. The number of amides is 1. The van der Waals surface area contributed by atoms with E-state index in [0.29, 0.717) is 6.54 Å². The monoisotopic (exact) mass is 387 g/mol. The number of thiazole rings is 1. The number of benzene rings is 2. The van der Waals surface area contributed by atoms with E-state index in [1.165, 1.54) is 18.2 Å². The summed E-state index contributed by atoms with van der Waals surface area (Å²) in [5.74, 6) is -0.216. The maximum absolute atomic E-state index is 13.0. The number of fused-ring (bicyclic) bond motifs is 1. The number of nitrogens with zero attached hydrogens (tertiary/aromatic N) is 3. The first-order valence-electron chi connectivity index (χ1n) is 8.15. The largest absolute Gasteiger partial charge is 0.329 e. The SMILES string of the molecule is O=C(c1ccc([N+](=O)[O-])cc1Cl)N1CCCC1c1nc2ccccc2s1. The quantitative estimate of drug-likeness (QED) is 0.476. The third-order valence-electron chi connectivity index (χ3n) is 4.50. The lowest BCUT2D eigenvalue weighted by Crippen LogP contribution is -2.30. The molecule has 0 N–H and O–H groups in total. The summed E-state index contributed by atoms with van der Waals surface area (Å²) in [7, 11) is 0. The van der Waals surface area contributed by atoms with E-state index in [4.69, 9.17) is 11.6 Å². The zero-order chi connectivity index (χ0) is 18.3. The zero-order valence-electron chi connectivity index (χ0n) is 13.6. The van der Waals surface area contributed by atoms with E-state index in [1.807, 2.05) is 24.3 Å². The molecule has 1 aliphatic rings. The van der Waals surface area contributed by atoms with Crippen LogP contribution in [-0.2, 0) is 0 Å². The van der Waals surface area contributed by atoms with E-state index >= 15 is 0 Å². The van der Waals surface area contributed by atoms with Crippen LogP contribution in [0.2, 0.25) is 5.02 Å². The number of aromatic nitrogens is 1. The number of rotatable bonds is 3. The number of para-hydroxylation sites is 1. The molecule has 0 radical (unpaired) electrons. The van der Waals surface area contributed by atoms with Crippen molar-refractivity contribution >= 4 is 44.7 Å². The Morgan fingerprint density at radius 3 is 2.85 bits per heavy atom. The fourth-order valence-corrected chi connectivity index (χ4v) is 4.62. The molecule has 1 atom stereocenters. The molecule has 1 aromatic heterocycles. The molecule has 1 saturated heterocycles. The lowest BCUT2D eigenvalue weighted by molar-refractivity contribution is -0.384. The lowest BCUT2D eigenvalue weighted by Gasteiger charge is -2.23. The highest BCUT2D eigenvalue weighted by molar-refractivity contribution is 7.18. The second-order valence-corrected chi connectivity index (χ2v) is 7.57. The van der Waals surface area contributed by atoms with Crippen LogP contribution in [0.25, 0.3) is 10.2 Å². The molecule has 0 bridgehead atoms. The second kappa shape index (κ2) is 6.66. The summed E-state index contributed by atoms with van der Waals surface area (Å²) in [6, 6.07) is 11.8. The highest BCUT2D eigenvalue weighted by Gasteiger charge is 2.33. The average molecular weight is 388 g/mol. The van der Waals surface area contributed by atoms with Crippen molar-refractivity contribution in [3.8, 4) is 0 Å². The Morgan fingerprint density at radius 1 is 1.31 bits per heavy atom. The van der Waals surface area contributed by atoms with Gasteiger partial charge in [0.15, 0.2) is 0 Å². The molecule has 1 fully saturated rings. The molecule has 132 valence electrons. The number of carbonyl (C=O) groups excluding carboxylic acids is 1. The number of nitro groups is 1. The molecule has 2 aromatic carbocycles. The Bertz CT molecular complexity index is 987. The molecule has 3 aromatic rings. The summed E-state index contributed by atoms with van der Waals surface area (Å²) < 4.78 is 1.09. The number of carbonyl (C=O) groups is 1. The van der Waals surface area contributed by atoms with Crippen molar-refractivity contribution in [1.29, 1.82) is 0 Å². The van der Waals surface area contributed by atoms with Crippen LogP contribution in [0.15, 0.2) is 42.5 Å². The first-order valence-corrected chi connectivity index (χ1v) is 9.34. The number of halogens is 1. The van der Waals surface area contributed by atoms with Crippen LogP contribution in [0.4, 0.5) is 5.69 Å². The van der Waals surface area contributed by atoms with Crippen molar-refractivity contribution in [2.75, 3.05) is 6.54 Å². The summed E-state index contributed by atoms with van der Waals surface area (Å²) in [5, 5.41) is 11.9. The molecular weight excluding hydrogens is 374 g/mol. The van der Waals surface area contributed by atoms with Crippen molar-refractivity contribution in [3.63, 3.8) is 0 Å². The third kappa shape index (κ3) is 2.93. The van der Waals surface area contributed by atoms with Crippen LogP contribution in [0.5, 0.6) is 0 Å². The van der Waals surface area contributed by atoms with Crippen molar-refractivity contribution < 1.29 is 9.72 Å². The summed E-state index contributed by atoms with van der Waals surface area (Å²) in [6.45, 7) is 0.618. The van der Waals surface area contributed by atoms with Gasteiger partial charge in [-0.2, -0.15) is 0 Å². The molecule has 26 heavy (non-hydrogen) atoms. The van der Waals surface area contributed by atoms with E-state index in [-0.39, 0.29) is 28.2 Å². The highest BCUT2D eigenvalue weighted by Crippen LogP contribution is 2.38. The van der Waals surface area contributed by atoms with Gasteiger partial charge in [0.05, 0.1) is 31.8 Å². The smallest absolute Gasteiger partial charge is 0.270 e. The van der Waals surface area contributed by atoms with Crippen LogP contribution in [-0.4, -0.2) is 27.3 Å². The Balaban J connectivity index is 1.65. The fourth-order valence-electron chi connectivity index (χ4n) is 3.24. The number of non-ortho nitro benzene ring substituents is 1. The Labute approximate surface area is 158 Å². The normalized spacial score (nSPS) is 17.0. The van der Waals surface area contributed by atoms with Crippen molar-refractivity contribution in [2.24, 2.45) is 0 Å². The van der Waals surface area contributed by atoms with Gasteiger partial charge in [0.25, 0.3) is 11.6 Å². The molecular formula is C18H14ClN3O3S. The van der Waals surface area contributed by atoms with Gasteiger partial charge in [-0.25, -0.2) is 4.98 Å². The van der Waals surface area contributed by atoms with Gasteiger partial charge in [0.1, 0.15) is 5.01 Å². The number of likely N-dealkylation sites (tertiary alicyclic amines) is 1. The van der Waals surface area contributed by atoms with Crippen LogP contribution in [0.1, 0.15) is 34.2 Å². The van der Waals surface area contributed by atoms with Crippen molar-refractivity contribution in [3.05, 3.63) is 68.2 Å². The minimum Gasteiger partial charge on any atom is -0.329 e. The highest BCUT2D eigenvalue weighted by atomic mass is 35.5. The molecule has 1 amide bonds.